The molecule has 0 aromatic heterocycles. The molecule has 0 radical (unpaired) electrons. The number of unbranched alkanes of at least 4 members (excludes halogenated alkanes) is 6. The molecule has 1 heteroatoms. The zero-order chi connectivity index (χ0) is 18.9. The average Bonchev–Trinajstić information content (AvgIpc) is 3.12. The minimum Gasteiger partial charge on any atom is -0.0654 e. The van der Waals surface area contributed by atoms with Gasteiger partial charge in [-0.3, -0.25) is 0 Å². The first kappa shape index (κ1) is 23.3. The van der Waals surface area contributed by atoms with E-state index in [9.17, 15) is 0 Å². The molecule has 0 N–H and O–H groups in total. The number of rotatable bonds is 11. The molecule has 0 saturated carbocycles. The Kier molecular flexibility index (Phi) is 10.5. The van der Waals surface area contributed by atoms with Gasteiger partial charge >= 0.3 is 0 Å². The van der Waals surface area contributed by atoms with Gasteiger partial charge < -0.3 is 0 Å². The van der Waals surface area contributed by atoms with Crippen LogP contribution in [0, 0.1) is 0 Å². The third-order valence-electron chi connectivity index (χ3n) is 5.90. The fraction of sp³-hybridized carbons (Fsp3) is 0.481. The van der Waals surface area contributed by atoms with Crippen molar-refractivity contribution in [1.82, 2.24) is 0 Å². The van der Waals surface area contributed by atoms with Crippen molar-refractivity contribution in [2.75, 3.05) is 0 Å². The van der Waals surface area contributed by atoms with Crippen LogP contribution in [0.5, 0.6) is 0 Å². The van der Waals surface area contributed by atoms with E-state index in [1.165, 1.54) is 92.0 Å². The molecule has 0 nitrogen and oxygen atoms in total. The largest absolute Gasteiger partial charge is 0.0654 e. The Labute approximate surface area is 192 Å². The van der Waals surface area contributed by atoms with Gasteiger partial charge in [0.2, 0.25) is 0 Å². The molecule has 1 aliphatic rings. The Morgan fingerprint density at radius 2 is 1.39 bits per heavy atom. The summed E-state index contributed by atoms with van der Waals surface area (Å²) in [6.45, 7) is 4.56. The number of allylic oxidation sites excluding steroid dienone is 1. The summed E-state index contributed by atoms with van der Waals surface area (Å²) in [7, 11) is 0. The molecule has 2 aromatic carbocycles. The molecule has 148 valence electrons. The predicted molar refractivity (Wildman–Crippen MR) is 120 cm³/mol. The molecule has 0 spiro atoms. The Bertz CT molecular complexity index is 739. The van der Waals surface area contributed by atoms with E-state index in [-0.39, 0.29) is 26.2 Å². The normalized spacial score (nSPS) is 12.4. The molecule has 2 aromatic rings. The maximum absolute atomic E-state index is 2.48. The molecule has 3 rings (SSSR count). The standard InChI is InChI=1S/C27H36.Zr/c1-3-5-7-9-12-22-16-18-24(19-17-22)26-15-11-14-25-20-23(21-27(25)26)13-10-8-6-4-2;/h11,14-19,21H,3-10,12-13,20H2,1-2H3;. The van der Waals surface area contributed by atoms with E-state index in [1.807, 2.05) is 0 Å². The van der Waals surface area contributed by atoms with Crippen molar-refractivity contribution in [3.05, 3.63) is 64.7 Å². The third kappa shape index (κ3) is 6.55. The van der Waals surface area contributed by atoms with Gasteiger partial charge in [-0.1, -0.05) is 106 Å². The van der Waals surface area contributed by atoms with Gasteiger partial charge in [0.15, 0.2) is 0 Å². The van der Waals surface area contributed by atoms with Crippen LogP contribution in [0.4, 0.5) is 0 Å². The summed E-state index contributed by atoms with van der Waals surface area (Å²) in [5, 5.41) is 0. The van der Waals surface area contributed by atoms with Gasteiger partial charge in [-0.05, 0) is 59.9 Å². The van der Waals surface area contributed by atoms with Gasteiger partial charge in [0, 0.05) is 26.2 Å². The molecule has 0 aliphatic heterocycles. The van der Waals surface area contributed by atoms with Crippen LogP contribution in [0.2, 0.25) is 0 Å². The summed E-state index contributed by atoms with van der Waals surface area (Å²) in [5.74, 6) is 0. The van der Waals surface area contributed by atoms with E-state index in [4.69, 9.17) is 0 Å². The van der Waals surface area contributed by atoms with E-state index < -0.39 is 0 Å². The van der Waals surface area contributed by atoms with Crippen molar-refractivity contribution in [3.8, 4) is 11.1 Å². The van der Waals surface area contributed by atoms with Crippen molar-refractivity contribution in [2.45, 2.75) is 84.5 Å². The van der Waals surface area contributed by atoms with Crippen LogP contribution < -0.4 is 0 Å². The second-order valence-electron chi connectivity index (χ2n) is 8.18. The molecule has 0 heterocycles. The van der Waals surface area contributed by atoms with Gasteiger partial charge in [0.25, 0.3) is 0 Å². The smallest absolute Gasteiger partial charge is 0 e. The molecule has 0 atom stereocenters. The van der Waals surface area contributed by atoms with Crippen LogP contribution in [0.3, 0.4) is 0 Å². The van der Waals surface area contributed by atoms with Crippen molar-refractivity contribution in [2.24, 2.45) is 0 Å². The summed E-state index contributed by atoms with van der Waals surface area (Å²) >= 11 is 0. The van der Waals surface area contributed by atoms with Crippen LogP contribution in [-0.2, 0) is 39.0 Å². The maximum Gasteiger partial charge on any atom is 0 e. The van der Waals surface area contributed by atoms with Crippen LogP contribution in [0.1, 0.15) is 88.3 Å². The van der Waals surface area contributed by atoms with E-state index >= 15 is 0 Å². The number of benzene rings is 2. The second kappa shape index (κ2) is 12.6. The Hall–Kier alpha value is -0.937. The summed E-state index contributed by atoms with van der Waals surface area (Å²) in [5.41, 5.74) is 8.87. The SMILES string of the molecule is CCCCCCC1=Cc2c(cccc2-c2ccc(CCCCCC)cc2)C1.[Zr]. The number of hydrogen-bond acceptors (Lipinski definition) is 0. The average molecular weight is 452 g/mol. The monoisotopic (exact) mass is 450 g/mol. The zero-order valence-electron chi connectivity index (χ0n) is 17.9. The summed E-state index contributed by atoms with van der Waals surface area (Å²) in [6, 6.07) is 16.2. The number of aryl methyl sites for hydroxylation is 1. The molecular weight excluding hydrogens is 416 g/mol. The van der Waals surface area contributed by atoms with Crippen LogP contribution in [-0.4, -0.2) is 0 Å². The first-order chi connectivity index (χ1) is 13.3. The van der Waals surface area contributed by atoms with E-state index in [0.29, 0.717) is 0 Å². The van der Waals surface area contributed by atoms with Crippen molar-refractivity contribution in [3.63, 3.8) is 0 Å². The molecule has 0 fully saturated rings. The molecule has 0 unspecified atom stereocenters. The minimum absolute atomic E-state index is 0. The summed E-state index contributed by atoms with van der Waals surface area (Å²) in [4.78, 5) is 0. The van der Waals surface area contributed by atoms with Crippen LogP contribution >= 0.6 is 0 Å². The van der Waals surface area contributed by atoms with E-state index in [2.05, 4.69) is 62.4 Å². The van der Waals surface area contributed by atoms with Gasteiger partial charge in [-0.15, -0.1) is 0 Å². The molecule has 0 amide bonds. The second-order valence-corrected chi connectivity index (χ2v) is 8.18. The molecule has 0 bridgehead atoms. The molecular formula is C27H36Zr. The minimum atomic E-state index is 0. The fourth-order valence-corrected chi connectivity index (χ4v) is 4.24. The Morgan fingerprint density at radius 1 is 0.714 bits per heavy atom. The topological polar surface area (TPSA) is 0 Å². The Balaban J connectivity index is 0.00000280. The van der Waals surface area contributed by atoms with Crippen LogP contribution in [0.25, 0.3) is 17.2 Å². The molecule has 1 aliphatic carbocycles. The first-order valence-corrected chi connectivity index (χ1v) is 11.2. The van der Waals surface area contributed by atoms with Crippen molar-refractivity contribution in [1.29, 1.82) is 0 Å². The van der Waals surface area contributed by atoms with Crippen molar-refractivity contribution < 1.29 is 26.2 Å². The molecule has 0 saturated heterocycles. The van der Waals surface area contributed by atoms with Gasteiger partial charge in [0.05, 0.1) is 0 Å². The van der Waals surface area contributed by atoms with Crippen LogP contribution in [0.15, 0.2) is 48.0 Å². The molecule has 28 heavy (non-hydrogen) atoms. The summed E-state index contributed by atoms with van der Waals surface area (Å²) < 4.78 is 0. The predicted octanol–water partition coefficient (Wildman–Crippen LogP) is 8.38. The fourth-order valence-electron chi connectivity index (χ4n) is 4.24. The summed E-state index contributed by atoms with van der Waals surface area (Å²) in [6.07, 6.45) is 16.9. The van der Waals surface area contributed by atoms with Gasteiger partial charge in [-0.2, -0.15) is 0 Å². The maximum atomic E-state index is 2.48. The third-order valence-corrected chi connectivity index (χ3v) is 5.90. The van der Waals surface area contributed by atoms with Crippen molar-refractivity contribution >= 4 is 6.08 Å². The Morgan fingerprint density at radius 3 is 2.07 bits per heavy atom. The van der Waals surface area contributed by atoms with Gasteiger partial charge in [-0.25, -0.2) is 0 Å². The zero-order valence-corrected chi connectivity index (χ0v) is 20.4. The number of fused-ring (bicyclic) bond motifs is 1. The first-order valence-electron chi connectivity index (χ1n) is 11.2. The van der Waals surface area contributed by atoms with Gasteiger partial charge in [0.1, 0.15) is 0 Å². The van der Waals surface area contributed by atoms with E-state index in [1.54, 1.807) is 5.57 Å². The van der Waals surface area contributed by atoms with E-state index in [0.717, 1.165) is 6.42 Å². The number of hydrogen-bond donors (Lipinski definition) is 0. The quantitative estimate of drug-likeness (QED) is 0.301.